The maximum Gasteiger partial charge on any atom is 0.241 e. The summed E-state index contributed by atoms with van der Waals surface area (Å²) in [6.45, 7) is 0. The van der Waals surface area contributed by atoms with Gasteiger partial charge in [-0.05, 0) is 74.5 Å². The van der Waals surface area contributed by atoms with Crippen molar-refractivity contribution in [3.05, 3.63) is 0 Å². The summed E-state index contributed by atoms with van der Waals surface area (Å²) in [5.74, 6) is 1.77. The monoisotopic (exact) mass is 347 g/mol. The molecule has 6 fully saturated rings. The highest BCUT2D eigenvalue weighted by molar-refractivity contribution is 7.13. The molecule has 24 heavy (non-hydrogen) atoms. The van der Waals surface area contributed by atoms with Crippen LogP contribution in [0.3, 0.4) is 0 Å². The molecule has 6 rings (SSSR count). The molecule has 1 amide bonds. The molecule has 5 saturated carbocycles. The lowest BCUT2D eigenvalue weighted by Gasteiger charge is -2.62. The predicted molar refractivity (Wildman–Crippen MR) is 91.5 cm³/mol. The van der Waals surface area contributed by atoms with Gasteiger partial charge in [-0.15, -0.1) is 0 Å². The lowest BCUT2D eigenvalue weighted by molar-refractivity contribution is -0.178. The quantitative estimate of drug-likeness (QED) is 0.760. The first-order valence-corrected chi connectivity index (χ1v) is 9.95. The highest BCUT2D eigenvalue weighted by atomic mass is 31.0. The molecule has 1 aliphatic heterocycles. The van der Waals surface area contributed by atoms with Crippen LogP contribution in [0, 0.1) is 34.5 Å². The lowest BCUT2D eigenvalue weighted by atomic mass is 9.46. The van der Waals surface area contributed by atoms with Gasteiger partial charge in [0, 0.05) is 6.04 Å². The first-order valence-electron chi connectivity index (χ1n) is 9.37. The molecule has 6 heteroatoms. The molecule has 130 valence electrons. The van der Waals surface area contributed by atoms with Crippen molar-refractivity contribution in [1.82, 2.24) is 9.99 Å². The number of carbonyl (C=O) groups is 1. The molecule has 0 aromatic heterocycles. The van der Waals surface area contributed by atoms with Crippen molar-refractivity contribution in [2.24, 2.45) is 23.2 Å². The van der Waals surface area contributed by atoms with E-state index >= 15 is 0 Å². The largest absolute Gasteiger partial charge is 0.390 e. The number of nitrogens with one attached hydrogen (secondary N) is 1. The Morgan fingerprint density at radius 1 is 1.25 bits per heavy atom. The number of fused-ring (bicyclic) bond motifs is 1. The zero-order chi connectivity index (χ0) is 16.7. The summed E-state index contributed by atoms with van der Waals surface area (Å²) >= 11 is 0. The summed E-state index contributed by atoms with van der Waals surface area (Å²) in [6.07, 6.45) is 7.79. The average Bonchev–Trinajstić information content (AvgIpc) is 3.15. The fourth-order valence-electron chi connectivity index (χ4n) is 7.17. The maximum absolute atomic E-state index is 13.4. The van der Waals surface area contributed by atoms with Gasteiger partial charge in [0.05, 0.1) is 17.7 Å². The molecule has 6 aliphatic rings. The van der Waals surface area contributed by atoms with E-state index in [0.29, 0.717) is 23.8 Å². The zero-order valence-electron chi connectivity index (χ0n) is 13.9. The molecule has 4 bridgehead atoms. The normalized spacial score (nSPS) is 52.0. The molecule has 5 nitrogen and oxygen atoms in total. The minimum absolute atomic E-state index is 0.104. The number of likely N-dealkylation sites (tertiary alicyclic amines) is 1. The summed E-state index contributed by atoms with van der Waals surface area (Å²) in [5.41, 5.74) is -0.698. The zero-order valence-corrected chi connectivity index (χ0v) is 15.1. The van der Waals surface area contributed by atoms with Crippen LogP contribution in [0.5, 0.6) is 0 Å². The van der Waals surface area contributed by atoms with Gasteiger partial charge in [0.15, 0.2) is 0 Å². The highest BCUT2D eigenvalue weighted by Gasteiger charge is 2.63. The molecular weight excluding hydrogens is 321 g/mol. The van der Waals surface area contributed by atoms with Gasteiger partial charge < -0.3 is 10.0 Å². The maximum atomic E-state index is 13.4. The molecule has 0 radical (unpaired) electrons. The summed E-state index contributed by atoms with van der Waals surface area (Å²) in [7, 11) is 2.55. The van der Waals surface area contributed by atoms with Gasteiger partial charge in [-0.1, -0.05) is 9.39 Å². The molecule has 0 aromatic carbocycles. The number of carbonyl (C=O) groups excluding carboxylic acids is 1. The number of nitriles is 1. The van der Waals surface area contributed by atoms with E-state index in [4.69, 9.17) is 0 Å². The molecule has 5 aliphatic carbocycles. The third-order valence-electron chi connectivity index (χ3n) is 7.61. The van der Waals surface area contributed by atoms with Crippen LogP contribution in [0.25, 0.3) is 0 Å². The van der Waals surface area contributed by atoms with Crippen molar-refractivity contribution < 1.29 is 9.90 Å². The summed E-state index contributed by atoms with van der Waals surface area (Å²) < 4.78 is 0. The van der Waals surface area contributed by atoms with Gasteiger partial charge in [0.1, 0.15) is 6.04 Å². The third-order valence-corrected chi connectivity index (χ3v) is 7.94. The Kier molecular flexibility index (Phi) is 3.20. The molecule has 1 heterocycles. The van der Waals surface area contributed by atoms with Gasteiger partial charge in [-0.25, -0.2) is 0 Å². The van der Waals surface area contributed by atoms with Gasteiger partial charge in [0.25, 0.3) is 0 Å². The van der Waals surface area contributed by atoms with Crippen molar-refractivity contribution in [1.29, 1.82) is 5.26 Å². The Hall–Kier alpha value is -0.690. The first kappa shape index (κ1) is 15.6. The van der Waals surface area contributed by atoms with Crippen LogP contribution in [-0.2, 0) is 4.79 Å². The van der Waals surface area contributed by atoms with E-state index in [1.54, 1.807) is 0 Å². The Bertz CT molecular complexity index is 618. The first-order chi connectivity index (χ1) is 11.5. The minimum atomic E-state index is -0.564. The SMILES string of the molecule is N#CC1CC2CC2N1C(=O)C(NP)C12CC3CC(CC(O)(C3)C1)C2. The van der Waals surface area contributed by atoms with E-state index < -0.39 is 5.60 Å². The number of piperidine rings is 1. The Balaban J connectivity index is 1.46. The average molecular weight is 347 g/mol. The molecule has 7 atom stereocenters. The van der Waals surface area contributed by atoms with E-state index in [1.165, 1.54) is 6.42 Å². The molecule has 1 saturated heterocycles. The summed E-state index contributed by atoms with van der Waals surface area (Å²) in [6, 6.07) is 2.10. The van der Waals surface area contributed by atoms with Crippen molar-refractivity contribution >= 4 is 15.3 Å². The minimum Gasteiger partial charge on any atom is -0.390 e. The Morgan fingerprint density at radius 3 is 2.54 bits per heavy atom. The van der Waals surface area contributed by atoms with Crippen LogP contribution >= 0.6 is 9.39 Å². The second-order valence-corrected chi connectivity index (χ2v) is 9.67. The van der Waals surface area contributed by atoms with Gasteiger partial charge in [0.2, 0.25) is 5.91 Å². The van der Waals surface area contributed by atoms with Crippen LogP contribution in [0.2, 0.25) is 0 Å². The number of hydrogen-bond acceptors (Lipinski definition) is 4. The third kappa shape index (κ3) is 2.06. The Labute approximate surface area is 145 Å². The van der Waals surface area contributed by atoms with Crippen molar-refractivity contribution in [3.63, 3.8) is 0 Å². The van der Waals surface area contributed by atoms with Crippen molar-refractivity contribution in [2.75, 3.05) is 0 Å². The molecular formula is C18H26N3O2P. The van der Waals surface area contributed by atoms with Crippen LogP contribution < -0.4 is 5.09 Å². The van der Waals surface area contributed by atoms with Crippen LogP contribution in [-0.4, -0.2) is 39.6 Å². The molecule has 7 unspecified atom stereocenters. The summed E-state index contributed by atoms with van der Waals surface area (Å²) in [4.78, 5) is 15.3. The van der Waals surface area contributed by atoms with E-state index in [2.05, 4.69) is 20.5 Å². The highest BCUT2D eigenvalue weighted by Crippen LogP contribution is 2.63. The standard InChI is InChI=1S/C18H26N3O2P/c19-8-13-2-12-3-14(12)21(13)16(22)15(20-24)17-4-10-1-11(5-17)7-18(23,6-10)9-17/h10-15,20,23H,1-7,9,24H2. The topological polar surface area (TPSA) is 76.4 Å². The van der Waals surface area contributed by atoms with E-state index in [0.717, 1.165) is 44.9 Å². The van der Waals surface area contributed by atoms with Crippen LogP contribution in [0.15, 0.2) is 0 Å². The van der Waals surface area contributed by atoms with Crippen molar-refractivity contribution in [3.8, 4) is 6.07 Å². The van der Waals surface area contributed by atoms with E-state index in [1.807, 2.05) is 4.90 Å². The Morgan fingerprint density at radius 2 is 1.96 bits per heavy atom. The molecule has 2 N–H and O–H groups in total. The number of hydrogen-bond donors (Lipinski definition) is 2. The fraction of sp³-hybridized carbons (Fsp3) is 0.889. The lowest BCUT2D eigenvalue weighted by Crippen LogP contribution is -2.64. The second-order valence-electron chi connectivity index (χ2n) is 9.34. The molecule has 0 spiro atoms. The number of aliphatic hydroxyl groups is 1. The van der Waals surface area contributed by atoms with Crippen LogP contribution in [0.1, 0.15) is 51.4 Å². The number of rotatable bonds is 3. The smallest absolute Gasteiger partial charge is 0.241 e. The van der Waals surface area contributed by atoms with E-state index in [9.17, 15) is 15.2 Å². The number of nitrogens with zero attached hydrogens (tertiary/aromatic N) is 2. The van der Waals surface area contributed by atoms with Crippen LogP contribution in [0.4, 0.5) is 0 Å². The second kappa shape index (κ2) is 4.93. The summed E-state index contributed by atoms with van der Waals surface area (Å²) in [5, 5.41) is 23.7. The molecule has 0 aromatic rings. The predicted octanol–water partition coefficient (Wildman–Crippen LogP) is 1.58. The number of amides is 1. The fourth-order valence-corrected chi connectivity index (χ4v) is 7.67. The van der Waals surface area contributed by atoms with Gasteiger partial charge in [-0.3, -0.25) is 9.88 Å². The van der Waals surface area contributed by atoms with Gasteiger partial charge >= 0.3 is 0 Å². The van der Waals surface area contributed by atoms with Gasteiger partial charge in [-0.2, -0.15) is 5.26 Å². The van der Waals surface area contributed by atoms with Crippen molar-refractivity contribution in [2.45, 2.75) is 75.1 Å². The van der Waals surface area contributed by atoms with E-state index in [-0.39, 0.29) is 23.4 Å².